The zero-order valence-electron chi connectivity index (χ0n) is 12.0. The molecule has 15 heavy (non-hydrogen) atoms. The lowest BCUT2D eigenvalue weighted by atomic mass is 10.2. The lowest BCUT2D eigenvalue weighted by Gasteiger charge is -2.05. The minimum Gasteiger partial charge on any atom is -0.269 e. The van der Waals surface area contributed by atoms with Gasteiger partial charge in [0.25, 0.3) is 5.56 Å². The molecule has 0 aliphatic heterocycles. The van der Waals surface area contributed by atoms with Gasteiger partial charge in [-0.2, -0.15) is 0 Å². The second kappa shape index (κ2) is 4.03. The molecule has 78 valence electrons. The van der Waals surface area contributed by atoms with Crippen LogP contribution in [0.1, 0.15) is 16.7 Å². The highest BCUT2D eigenvalue weighted by atomic mass is 35.5. The highest BCUT2D eigenvalue weighted by Crippen LogP contribution is 2.04. The molecule has 0 spiro atoms. The molecule has 0 amide bonds. The Morgan fingerprint density at radius 3 is 3.13 bits per heavy atom. The van der Waals surface area contributed by atoms with Crippen molar-refractivity contribution in [3.8, 4) is 0 Å². The Morgan fingerprint density at radius 2 is 2.40 bits per heavy atom. The third kappa shape index (κ3) is 1.75. The topological polar surface area (TPSA) is 34.4 Å². The lowest BCUT2D eigenvalue weighted by Crippen LogP contribution is -2.21. The number of pyridine rings is 1. The Labute approximate surface area is 98.0 Å². The summed E-state index contributed by atoms with van der Waals surface area (Å²) < 4.78 is 31.4. The third-order valence-corrected chi connectivity index (χ3v) is 2.18. The van der Waals surface area contributed by atoms with Crippen molar-refractivity contribution in [1.82, 2.24) is 9.38 Å². The van der Waals surface area contributed by atoms with Crippen LogP contribution in [0.25, 0.3) is 5.65 Å². The Bertz CT molecular complexity index is 693. The average molecular weight is 227 g/mol. The molecule has 2 aromatic rings. The maximum absolute atomic E-state index is 12.3. The fourth-order valence-electron chi connectivity index (χ4n) is 1.39. The third-order valence-electron chi connectivity index (χ3n) is 2.09. The van der Waals surface area contributed by atoms with E-state index in [1.165, 1.54) is 17.5 Å². The number of aromatic nitrogens is 2. The van der Waals surface area contributed by atoms with Crippen LogP contribution in [0, 0.1) is 6.92 Å². The first-order valence-electron chi connectivity index (χ1n) is 6.33. The van der Waals surface area contributed by atoms with Crippen LogP contribution in [0.2, 0.25) is 0 Å². The zero-order valence-corrected chi connectivity index (χ0v) is 8.75. The second-order valence-corrected chi connectivity index (χ2v) is 3.21. The molecule has 0 radical (unpaired) electrons. The molecule has 0 saturated carbocycles. The summed E-state index contributed by atoms with van der Waals surface area (Å²) in [6.45, 7) is 1.46. The summed E-state index contributed by atoms with van der Waals surface area (Å²) in [5, 5.41) is 0. The first-order valence-corrected chi connectivity index (χ1v) is 4.71. The van der Waals surface area contributed by atoms with Crippen LogP contribution in [0.5, 0.6) is 0 Å². The number of aryl methyl sites for hydroxylation is 1. The Hall–Kier alpha value is -1.35. The quantitative estimate of drug-likeness (QED) is 0.732. The summed E-state index contributed by atoms with van der Waals surface area (Å²) in [7, 11) is 0. The second-order valence-electron chi connectivity index (χ2n) is 3.03. The van der Waals surface area contributed by atoms with Crippen molar-refractivity contribution >= 4 is 17.2 Å². The molecule has 4 heteroatoms. The summed E-state index contributed by atoms with van der Waals surface area (Å²) in [6, 6.07) is 4.93. The first-order chi connectivity index (χ1) is 8.66. The van der Waals surface area contributed by atoms with Gasteiger partial charge in [0.2, 0.25) is 0 Å². The molecular weight excluding hydrogens is 212 g/mol. The van der Waals surface area contributed by atoms with E-state index < -0.39 is 17.8 Å². The number of nitrogens with zero attached hydrogens (tertiary/aromatic N) is 2. The van der Waals surface area contributed by atoms with E-state index in [1.54, 1.807) is 18.2 Å². The highest BCUT2D eigenvalue weighted by molar-refractivity contribution is 6.17. The predicted molar refractivity (Wildman–Crippen MR) is 60.6 cm³/mol. The largest absolute Gasteiger partial charge is 0.269 e. The summed E-state index contributed by atoms with van der Waals surface area (Å²) in [5.41, 5.74) is -0.515. The number of hydrogen-bond donors (Lipinski definition) is 0. The molecule has 0 aromatic carbocycles. The standard InChI is InChI=1S/C11H11ClN2O/c1-8-9(5-6-12)11(15)14-7-3-2-4-10(14)13-8/h2-4,7H,5-6H2,1H3/i5D2,6D2. The van der Waals surface area contributed by atoms with Gasteiger partial charge in [-0.3, -0.25) is 9.20 Å². The van der Waals surface area contributed by atoms with E-state index in [0.29, 0.717) is 5.65 Å². The van der Waals surface area contributed by atoms with Crippen LogP contribution in [0.3, 0.4) is 0 Å². The van der Waals surface area contributed by atoms with Gasteiger partial charge in [-0.1, -0.05) is 6.07 Å². The summed E-state index contributed by atoms with van der Waals surface area (Å²) in [5.74, 6) is -2.71. The van der Waals surface area contributed by atoms with Gasteiger partial charge >= 0.3 is 0 Å². The van der Waals surface area contributed by atoms with E-state index in [9.17, 15) is 4.79 Å². The van der Waals surface area contributed by atoms with Crippen LogP contribution < -0.4 is 5.56 Å². The number of hydrogen-bond acceptors (Lipinski definition) is 2. The summed E-state index contributed by atoms with van der Waals surface area (Å²) in [6.07, 6.45) is -1.19. The normalized spacial score (nSPS) is 16.7. The molecule has 0 aliphatic carbocycles. The van der Waals surface area contributed by atoms with Gasteiger partial charge in [0, 0.05) is 28.8 Å². The van der Waals surface area contributed by atoms with Gasteiger partial charge in [-0.05, 0) is 25.4 Å². The van der Waals surface area contributed by atoms with Crippen molar-refractivity contribution in [1.29, 1.82) is 0 Å². The molecular formula is C11H11ClN2O. The Morgan fingerprint density at radius 1 is 1.60 bits per heavy atom. The fourth-order valence-corrected chi connectivity index (χ4v) is 1.49. The molecule has 0 saturated heterocycles. The van der Waals surface area contributed by atoms with E-state index in [0.717, 1.165) is 0 Å². The minimum atomic E-state index is -2.71. The average Bonchev–Trinajstić information content (AvgIpc) is 2.27. The van der Waals surface area contributed by atoms with E-state index in [1.807, 2.05) is 0 Å². The van der Waals surface area contributed by atoms with Gasteiger partial charge < -0.3 is 0 Å². The van der Waals surface area contributed by atoms with Crippen LogP contribution in [0.4, 0.5) is 0 Å². The molecule has 0 N–H and O–H groups in total. The Kier molecular flexibility index (Phi) is 1.69. The molecule has 0 unspecified atom stereocenters. The summed E-state index contributed by atoms with van der Waals surface area (Å²) >= 11 is 5.44. The van der Waals surface area contributed by atoms with Crippen molar-refractivity contribution in [3.05, 3.63) is 46.0 Å². The summed E-state index contributed by atoms with van der Waals surface area (Å²) in [4.78, 5) is 16.4. The van der Waals surface area contributed by atoms with E-state index in [2.05, 4.69) is 4.98 Å². The molecule has 0 bridgehead atoms. The molecule has 2 heterocycles. The van der Waals surface area contributed by atoms with E-state index in [4.69, 9.17) is 17.1 Å². The van der Waals surface area contributed by atoms with Gasteiger partial charge in [-0.25, -0.2) is 4.98 Å². The van der Waals surface area contributed by atoms with Gasteiger partial charge in [0.15, 0.2) is 0 Å². The van der Waals surface area contributed by atoms with Crippen molar-refractivity contribution in [2.75, 3.05) is 5.83 Å². The van der Waals surface area contributed by atoms with E-state index >= 15 is 0 Å². The molecule has 3 nitrogen and oxygen atoms in total. The fraction of sp³-hybridized carbons (Fsp3) is 0.273. The SMILES string of the molecule is [2H]C([2H])(Cl)C([2H])([2H])c1c(C)nc2ccccn2c1=O. The smallest absolute Gasteiger partial charge is 0.261 e. The van der Waals surface area contributed by atoms with Crippen molar-refractivity contribution in [2.45, 2.75) is 13.3 Å². The highest BCUT2D eigenvalue weighted by Gasteiger charge is 2.07. The Balaban J connectivity index is 2.86. The first kappa shape index (κ1) is 6.28. The van der Waals surface area contributed by atoms with Crippen molar-refractivity contribution in [2.24, 2.45) is 0 Å². The van der Waals surface area contributed by atoms with Gasteiger partial charge in [-0.15, -0.1) is 11.6 Å². The molecule has 0 fully saturated rings. The zero-order chi connectivity index (χ0) is 14.4. The maximum Gasteiger partial charge on any atom is 0.261 e. The maximum atomic E-state index is 12.3. The number of alkyl halides is 1. The monoisotopic (exact) mass is 226 g/mol. The van der Waals surface area contributed by atoms with Gasteiger partial charge in [0.1, 0.15) is 5.65 Å². The van der Waals surface area contributed by atoms with Crippen LogP contribution in [-0.4, -0.2) is 15.2 Å². The van der Waals surface area contributed by atoms with Crippen molar-refractivity contribution < 1.29 is 5.48 Å². The van der Waals surface area contributed by atoms with Crippen LogP contribution in [0.15, 0.2) is 29.2 Å². The molecule has 2 rings (SSSR count). The number of halogens is 1. The van der Waals surface area contributed by atoms with Crippen LogP contribution >= 0.6 is 11.6 Å². The minimum absolute atomic E-state index is 0.130. The number of fused-ring (bicyclic) bond motifs is 1. The van der Waals surface area contributed by atoms with Crippen molar-refractivity contribution in [3.63, 3.8) is 0 Å². The number of rotatable bonds is 2. The molecule has 2 aromatic heterocycles. The molecule has 0 atom stereocenters. The van der Waals surface area contributed by atoms with Crippen LogP contribution in [-0.2, 0) is 6.37 Å². The lowest BCUT2D eigenvalue weighted by molar-refractivity contribution is 0.939. The molecule has 0 aliphatic rings. The predicted octanol–water partition coefficient (Wildman–Crippen LogP) is 1.78. The van der Waals surface area contributed by atoms with E-state index in [-0.39, 0.29) is 11.3 Å². The van der Waals surface area contributed by atoms with Gasteiger partial charge in [0.05, 0.1) is 0 Å².